The van der Waals surface area contributed by atoms with Gasteiger partial charge >= 0.3 is 6.80 Å². The Balaban J connectivity index is 3.48. The molecule has 0 saturated heterocycles. The molecule has 0 aromatic heterocycles. The lowest BCUT2D eigenvalue weighted by molar-refractivity contribution is 0.392. The van der Waals surface area contributed by atoms with Crippen molar-refractivity contribution >= 4 is 16.4 Å². The Morgan fingerprint density at radius 2 is 1.76 bits per heavy atom. The van der Waals surface area contributed by atoms with Crippen LogP contribution in [0.4, 0.5) is 0 Å². The maximum Gasteiger partial charge on any atom is 0.370 e. The van der Waals surface area contributed by atoms with Crippen molar-refractivity contribution < 1.29 is 19.1 Å². The quantitative estimate of drug-likeness (QED) is 0.812. The van der Waals surface area contributed by atoms with Crippen LogP contribution in [0.2, 0.25) is 0 Å². The molecule has 4 nitrogen and oxygen atoms in total. The fraction of sp³-hybridized carbons (Fsp3) is 0.455. The van der Waals surface area contributed by atoms with E-state index in [1.54, 1.807) is 24.3 Å². The molecule has 0 bridgehead atoms. The van der Waals surface area contributed by atoms with Gasteiger partial charge in [0.05, 0.1) is 7.11 Å². The summed E-state index contributed by atoms with van der Waals surface area (Å²) in [4.78, 5) is 20.1. The minimum Gasteiger partial charge on any atom is -0.496 e. The van der Waals surface area contributed by atoms with E-state index in [0.717, 1.165) is 0 Å². The van der Waals surface area contributed by atoms with Gasteiger partial charge in [-0.25, -0.2) is 4.57 Å². The van der Waals surface area contributed by atoms with Gasteiger partial charge in [-0.2, -0.15) is 0 Å². The van der Waals surface area contributed by atoms with Gasteiger partial charge in [0.2, 0.25) is 0 Å². The molecular weight excluding hydrogens is 259 g/mol. The second-order valence-electron chi connectivity index (χ2n) is 3.56. The summed E-state index contributed by atoms with van der Waals surface area (Å²) in [6.45, 7) is -0.518. The normalized spacial score (nSPS) is 13.5. The standard InChI is InChI=1S/C11H19O4PS/c1-4-17(5-2,16(12,13)14)11-9-7-6-8-10(11)15-3/h6-9H,4-5H2,1-3H3,(H2,12,13,14). The molecule has 1 aromatic carbocycles. The van der Waals surface area contributed by atoms with Crippen molar-refractivity contribution in [1.82, 2.24) is 0 Å². The average Bonchev–Trinajstić information content (AvgIpc) is 2.30. The number of para-hydroxylation sites is 1. The first-order valence-electron chi connectivity index (χ1n) is 5.40. The van der Waals surface area contributed by atoms with E-state index >= 15 is 0 Å². The van der Waals surface area contributed by atoms with Crippen molar-refractivity contribution in [2.24, 2.45) is 0 Å². The van der Waals surface area contributed by atoms with Crippen LogP contribution >= 0.6 is 16.4 Å². The zero-order chi connectivity index (χ0) is 13.1. The first-order valence-corrected chi connectivity index (χ1v) is 9.59. The highest BCUT2D eigenvalue weighted by atomic mass is 32.8. The van der Waals surface area contributed by atoms with Gasteiger partial charge in [-0.1, -0.05) is 26.0 Å². The molecule has 0 aliphatic rings. The van der Waals surface area contributed by atoms with Crippen molar-refractivity contribution in [2.45, 2.75) is 18.7 Å². The summed E-state index contributed by atoms with van der Waals surface area (Å²) in [7, 11) is -0.646. The van der Waals surface area contributed by atoms with Crippen molar-refractivity contribution in [2.75, 3.05) is 18.6 Å². The molecular formula is C11H19O4PS. The van der Waals surface area contributed by atoms with Crippen LogP contribution in [0.25, 0.3) is 0 Å². The van der Waals surface area contributed by atoms with E-state index < -0.39 is 16.4 Å². The predicted octanol–water partition coefficient (Wildman–Crippen LogP) is 2.99. The summed E-state index contributed by atoms with van der Waals surface area (Å²) in [6, 6.07) is 7.11. The Morgan fingerprint density at radius 3 is 2.18 bits per heavy atom. The highest BCUT2D eigenvalue weighted by Gasteiger charge is 2.41. The van der Waals surface area contributed by atoms with Gasteiger partial charge < -0.3 is 14.5 Å². The summed E-state index contributed by atoms with van der Waals surface area (Å²) in [5, 5.41) is 0. The number of methoxy groups -OCH3 is 1. The first kappa shape index (κ1) is 14.6. The molecule has 0 aliphatic heterocycles. The molecule has 6 heteroatoms. The SMILES string of the molecule is CCS(CC)(c1ccccc1OC)P(=O)(O)O. The Kier molecular flexibility index (Phi) is 4.67. The van der Waals surface area contributed by atoms with Crippen molar-refractivity contribution in [3.63, 3.8) is 0 Å². The van der Waals surface area contributed by atoms with Gasteiger partial charge in [0.25, 0.3) is 0 Å². The average molecular weight is 278 g/mol. The lowest BCUT2D eigenvalue weighted by atomic mass is 10.3. The molecule has 98 valence electrons. The van der Waals surface area contributed by atoms with E-state index in [0.29, 0.717) is 22.2 Å². The minimum absolute atomic E-state index is 0.453. The van der Waals surface area contributed by atoms with Gasteiger partial charge in [-0.05, 0) is 23.6 Å². The molecule has 0 heterocycles. The molecule has 0 amide bonds. The maximum absolute atomic E-state index is 11.9. The van der Waals surface area contributed by atoms with Gasteiger partial charge in [0.1, 0.15) is 5.75 Å². The number of hydrogen-bond acceptors (Lipinski definition) is 2. The molecule has 2 N–H and O–H groups in total. The zero-order valence-corrected chi connectivity index (χ0v) is 12.0. The van der Waals surface area contributed by atoms with Gasteiger partial charge in [0, 0.05) is 4.90 Å². The summed E-state index contributed by atoms with van der Waals surface area (Å²) < 4.78 is 17.1. The highest BCUT2D eigenvalue weighted by molar-refractivity contribution is 8.76. The number of hydrogen-bond donors (Lipinski definition) is 2. The van der Waals surface area contributed by atoms with Crippen LogP contribution in [-0.4, -0.2) is 28.4 Å². The minimum atomic E-state index is -4.17. The number of rotatable bonds is 5. The Labute approximate surface area is 103 Å². The maximum atomic E-state index is 11.9. The monoisotopic (exact) mass is 278 g/mol. The van der Waals surface area contributed by atoms with Crippen LogP contribution in [-0.2, 0) is 4.57 Å². The molecule has 0 fully saturated rings. The van der Waals surface area contributed by atoms with Gasteiger partial charge in [0.15, 0.2) is 0 Å². The van der Waals surface area contributed by atoms with Crippen LogP contribution in [0.15, 0.2) is 29.2 Å². The Bertz CT molecular complexity index is 425. The second kappa shape index (κ2) is 5.44. The van der Waals surface area contributed by atoms with Crippen LogP contribution in [0.5, 0.6) is 5.75 Å². The van der Waals surface area contributed by atoms with E-state index in [-0.39, 0.29) is 0 Å². The molecule has 1 rings (SSSR count). The van der Waals surface area contributed by atoms with Crippen molar-refractivity contribution in [3.05, 3.63) is 24.3 Å². The fourth-order valence-corrected chi connectivity index (χ4v) is 7.97. The number of benzene rings is 1. The van der Waals surface area contributed by atoms with E-state index in [4.69, 9.17) is 4.74 Å². The van der Waals surface area contributed by atoms with Crippen LogP contribution in [0.1, 0.15) is 13.8 Å². The predicted molar refractivity (Wildman–Crippen MR) is 72.0 cm³/mol. The fourth-order valence-electron chi connectivity index (χ4n) is 1.91. The van der Waals surface area contributed by atoms with E-state index in [2.05, 4.69) is 0 Å². The Hall–Kier alpha value is -0.480. The van der Waals surface area contributed by atoms with Gasteiger partial charge in [-0.15, -0.1) is 9.65 Å². The number of ether oxygens (including phenoxy) is 1. The van der Waals surface area contributed by atoms with Crippen LogP contribution in [0.3, 0.4) is 0 Å². The molecule has 0 atom stereocenters. The van der Waals surface area contributed by atoms with Gasteiger partial charge in [-0.3, -0.25) is 0 Å². The lowest BCUT2D eigenvalue weighted by Gasteiger charge is -2.39. The third kappa shape index (κ3) is 2.52. The van der Waals surface area contributed by atoms with E-state index in [1.807, 2.05) is 13.8 Å². The van der Waals surface area contributed by atoms with Crippen LogP contribution in [0, 0.1) is 0 Å². The topological polar surface area (TPSA) is 66.8 Å². The Morgan fingerprint density at radius 1 is 1.24 bits per heavy atom. The summed E-state index contributed by atoms with van der Waals surface area (Å²) >= 11 is 0. The molecule has 0 aliphatic carbocycles. The third-order valence-electron chi connectivity index (χ3n) is 2.89. The molecule has 0 radical (unpaired) electrons. The zero-order valence-electron chi connectivity index (χ0n) is 10.3. The summed E-state index contributed by atoms with van der Waals surface area (Å²) in [5.74, 6) is 1.47. The van der Waals surface area contributed by atoms with Crippen molar-refractivity contribution in [1.29, 1.82) is 0 Å². The molecule has 0 spiro atoms. The summed E-state index contributed by atoms with van der Waals surface area (Å²) in [6.07, 6.45) is 0. The first-order chi connectivity index (χ1) is 7.93. The molecule has 0 saturated carbocycles. The summed E-state index contributed by atoms with van der Waals surface area (Å²) in [5.41, 5.74) is 0. The smallest absolute Gasteiger partial charge is 0.370 e. The molecule has 0 unspecified atom stereocenters. The highest BCUT2D eigenvalue weighted by Crippen LogP contribution is 2.82. The largest absolute Gasteiger partial charge is 0.496 e. The van der Waals surface area contributed by atoms with E-state index in [9.17, 15) is 14.4 Å². The lowest BCUT2D eigenvalue weighted by Crippen LogP contribution is -2.08. The second-order valence-corrected chi connectivity index (χ2v) is 11.3. The molecule has 17 heavy (non-hydrogen) atoms. The van der Waals surface area contributed by atoms with E-state index in [1.165, 1.54) is 7.11 Å². The van der Waals surface area contributed by atoms with Crippen LogP contribution < -0.4 is 4.74 Å². The van der Waals surface area contributed by atoms with Crippen molar-refractivity contribution in [3.8, 4) is 5.75 Å². The molecule has 1 aromatic rings. The third-order valence-corrected chi connectivity index (χ3v) is 11.7.